The van der Waals surface area contributed by atoms with Crippen LogP contribution in [0.5, 0.6) is 5.75 Å². The maximum Gasteiger partial charge on any atom is 0.313 e. The number of carbonyl (C=O) groups is 1. The molecule has 0 radical (unpaired) electrons. The van der Waals surface area contributed by atoms with Gasteiger partial charge in [0.05, 0.1) is 5.92 Å². The Labute approximate surface area is 202 Å². The van der Waals surface area contributed by atoms with Gasteiger partial charge in [-0.1, -0.05) is 73.4 Å². The zero-order valence-electron chi connectivity index (χ0n) is 23.1. The molecule has 0 amide bonds. The summed E-state index contributed by atoms with van der Waals surface area (Å²) in [6.07, 6.45) is 4.24. The van der Waals surface area contributed by atoms with E-state index >= 15 is 0 Å². The Balaban J connectivity index is 2.48. The summed E-state index contributed by atoms with van der Waals surface area (Å²) in [5, 5.41) is 14.8. The van der Waals surface area contributed by atoms with Gasteiger partial charge in [-0.15, -0.1) is 0 Å². The van der Waals surface area contributed by atoms with Crippen LogP contribution < -0.4 is 5.32 Å². The molecule has 2 N–H and O–H groups in total. The summed E-state index contributed by atoms with van der Waals surface area (Å²) in [4.78, 5) is 13.6. The second kappa shape index (κ2) is 9.60. The summed E-state index contributed by atoms with van der Waals surface area (Å²) in [7, 11) is 0. The molecule has 1 heterocycles. The lowest BCUT2D eigenvalue weighted by Crippen LogP contribution is -2.59. The molecule has 0 saturated carbocycles. The minimum atomic E-state index is -0.325. The van der Waals surface area contributed by atoms with Gasteiger partial charge in [0.1, 0.15) is 11.9 Å². The van der Waals surface area contributed by atoms with Crippen molar-refractivity contribution in [3.05, 3.63) is 28.8 Å². The zero-order chi connectivity index (χ0) is 25.4. The third-order valence-electron chi connectivity index (χ3n) is 6.72. The number of rotatable bonds is 6. The molecular formula is C29H49NO3. The molecular weight excluding hydrogens is 410 g/mol. The molecule has 1 aliphatic rings. The number of unbranched alkanes of at least 4 members (excludes halogenated alkanes) is 1. The Morgan fingerprint density at radius 1 is 1.03 bits per heavy atom. The normalized spacial score (nSPS) is 19.8. The van der Waals surface area contributed by atoms with Crippen LogP contribution >= 0.6 is 0 Å². The Morgan fingerprint density at radius 3 is 1.88 bits per heavy atom. The number of phenols is 1. The molecule has 4 nitrogen and oxygen atoms in total. The molecule has 1 atom stereocenters. The van der Waals surface area contributed by atoms with Crippen LogP contribution in [-0.4, -0.2) is 28.3 Å². The summed E-state index contributed by atoms with van der Waals surface area (Å²) >= 11 is 0. The van der Waals surface area contributed by atoms with Gasteiger partial charge in [-0.2, -0.15) is 0 Å². The van der Waals surface area contributed by atoms with E-state index in [2.05, 4.69) is 81.5 Å². The van der Waals surface area contributed by atoms with Crippen LogP contribution in [0.15, 0.2) is 12.1 Å². The van der Waals surface area contributed by atoms with Crippen LogP contribution in [0.1, 0.15) is 131 Å². The number of carbonyl (C=O) groups excluding carboxylic acids is 1. The van der Waals surface area contributed by atoms with Crippen molar-refractivity contribution in [3.8, 4) is 5.75 Å². The molecule has 1 aliphatic heterocycles. The number of hydrogen-bond acceptors (Lipinski definition) is 4. The Morgan fingerprint density at radius 2 is 1.48 bits per heavy atom. The lowest BCUT2D eigenvalue weighted by atomic mass is 9.76. The lowest BCUT2D eigenvalue weighted by Gasteiger charge is -2.46. The van der Waals surface area contributed by atoms with Crippen molar-refractivity contribution < 1.29 is 14.6 Å². The highest BCUT2D eigenvalue weighted by molar-refractivity contribution is 5.79. The SMILES string of the molecule is CCCCC(C(=O)OC1CC(C)(C)NC(C)(C)C1)c1cc(C(C)(C)C)c(O)c(C(C)(C)C)c1. The van der Waals surface area contributed by atoms with E-state index in [9.17, 15) is 9.90 Å². The molecule has 33 heavy (non-hydrogen) atoms. The average molecular weight is 460 g/mol. The zero-order valence-corrected chi connectivity index (χ0v) is 23.1. The molecule has 0 spiro atoms. The molecule has 2 rings (SSSR count). The first-order valence-corrected chi connectivity index (χ1v) is 12.7. The van der Waals surface area contributed by atoms with Gasteiger partial charge in [-0.25, -0.2) is 0 Å². The number of aromatic hydroxyl groups is 1. The van der Waals surface area contributed by atoms with Crippen LogP contribution in [-0.2, 0) is 20.4 Å². The fraction of sp³-hybridized carbons (Fsp3) is 0.759. The molecule has 0 aromatic heterocycles. The second-order valence-corrected chi connectivity index (χ2v) is 13.5. The highest BCUT2D eigenvalue weighted by Crippen LogP contribution is 2.42. The third kappa shape index (κ3) is 7.21. The Bertz CT molecular complexity index is 788. The summed E-state index contributed by atoms with van der Waals surface area (Å²) in [5.41, 5.74) is 2.12. The minimum absolute atomic E-state index is 0.0804. The van der Waals surface area contributed by atoms with Crippen LogP contribution in [0.4, 0.5) is 0 Å². The number of ether oxygens (including phenoxy) is 1. The average Bonchev–Trinajstić information content (AvgIpc) is 2.58. The number of nitrogens with one attached hydrogen (secondary N) is 1. The molecule has 0 bridgehead atoms. The Hall–Kier alpha value is -1.55. The standard InChI is InChI=1S/C29H49NO3/c1-12-13-14-21(25(32)33-20-17-28(8,9)30-29(10,11)18-20)19-15-22(26(2,3)4)24(31)23(16-19)27(5,6)7/h15-16,20-21,30-31H,12-14,17-18H2,1-11H3. The largest absolute Gasteiger partial charge is 0.507 e. The van der Waals surface area contributed by atoms with E-state index in [0.29, 0.717) is 5.75 Å². The van der Waals surface area contributed by atoms with E-state index in [0.717, 1.165) is 48.8 Å². The number of phenolic OH excluding ortho intramolecular Hbond substituents is 1. The molecule has 188 valence electrons. The fourth-order valence-electron chi connectivity index (χ4n) is 5.39. The van der Waals surface area contributed by atoms with Gasteiger partial charge in [0.15, 0.2) is 0 Å². The maximum absolute atomic E-state index is 13.6. The molecule has 1 fully saturated rings. The van der Waals surface area contributed by atoms with E-state index in [1.54, 1.807) is 0 Å². The van der Waals surface area contributed by atoms with Gasteiger partial charge in [0, 0.05) is 23.9 Å². The van der Waals surface area contributed by atoms with Gasteiger partial charge in [-0.05, 0) is 61.6 Å². The fourth-order valence-corrected chi connectivity index (χ4v) is 5.39. The summed E-state index contributed by atoms with van der Waals surface area (Å²) < 4.78 is 6.22. The molecule has 0 aliphatic carbocycles. The van der Waals surface area contributed by atoms with Gasteiger partial charge in [0.25, 0.3) is 0 Å². The molecule has 1 aromatic carbocycles. The predicted molar refractivity (Wildman–Crippen MR) is 138 cm³/mol. The van der Waals surface area contributed by atoms with Crippen LogP contribution in [0, 0.1) is 0 Å². The van der Waals surface area contributed by atoms with E-state index in [4.69, 9.17) is 4.74 Å². The molecule has 1 aromatic rings. The Kier molecular flexibility index (Phi) is 8.06. The maximum atomic E-state index is 13.6. The first kappa shape index (κ1) is 27.7. The molecule has 1 unspecified atom stereocenters. The van der Waals surface area contributed by atoms with E-state index < -0.39 is 0 Å². The van der Waals surface area contributed by atoms with Gasteiger partial charge in [-0.3, -0.25) is 4.79 Å². The first-order valence-electron chi connectivity index (χ1n) is 12.7. The first-order chi connectivity index (χ1) is 14.9. The van der Waals surface area contributed by atoms with E-state index in [1.807, 2.05) is 12.1 Å². The van der Waals surface area contributed by atoms with Gasteiger partial charge < -0.3 is 15.2 Å². The highest BCUT2D eigenvalue weighted by atomic mass is 16.5. The summed E-state index contributed by atoms with van der Waals surface area (Å²) in [6, 6.07) is 4.09. The smallest absolute Gasteiger partial charge is 0.313 e. The van der Waals surface area contributed by atoms with Crippen molar-refractivity contribution in [2.45, 2.75) is 142 Å². The van der Waals surface area contributed by atoms with Crippen molar-refractivity contribution in [1.29, 1.82) is 0 Å². The number of piperidine rings is 1. The monoisotopic (exact) mass is 459 g/mol. The van der Waals surface area contributed by atoms with Crippen LogP contribution in [0.2, 0.25) is 0 Å². The minimum Gasteiger partial charge on any atom is -0.507 e. The molecule has 4 heteroatoms. The topological polar surface area (TPSA) is 58.6 Å². The summed E-state index contributed by atoms with van der Waals surface area (Å²) in [5.74, 6) is -0.107. The van der Waals surface area contributed by atoms with E-state index in [1.165, 1.54) is 0 Å². The lowest BCUT2D eigenvalue weighted by molar-refractivity contribution is -0.155. The third-order valence-corrected chi connectivity index (χ3v) is 6.72. The van der Waals surface area contributed by atoms with Crippen molar-refractivity contribution >= 4 is 5.97 Å². The number of benzene rings is 1. The number of hydrogen-bond donors (Lipinski definition) is 2. The second-order valence-electron chi connectivity index (χ2n) is 13.5. The van der Waals surface area contributed by atoms with Crippen molar-refractivity contribution in [1.82, 2.24) is 5.32 Å². The van der Waals surface area contributed by atoms with Crippen LogP contribution in [0.25, 0.3) is 0 Å². The van der Waals surface area contributed by atoms with Crippen molar-refractivity contribution in [2.24, 2.45) is 0 Å². The predicted octanol–water partition coefficient (Wildman–Crippen LogP) is 7.11. The van der Waals surface area contributed by atoms with Gasteiger partial charge in [0.2, 0.25) is 0 Å². The van der Waals surface area contributed by atoms with Crippen molar-refractivity contribution in [3.63, 3.8) is 0 Å². The van der Waals surface area contributed by atoms with Crippen molar-refractivity contribution in [2.75, 3.05) is 0 Å². The molecule has 1 saturated heterocycles. The van der Waals surface area contributed by atoms with Crippen LogP contribution in [0.3, 0.4) is 0 Å². The van der Waals surface area contributed by atoms with E-state index in [-0.39, 0.29) is 39.9 Å². The quantitative estimate of drug-likeness (QED) is 0.445. The van der Waals surface area contributed by atoms with Gasteiger partial charge >= 0.3 is 5.97 Å². The highest BCUT2D eigenvalue weighted by Gasteiger charge is 2.40. The number of esters is 1. The summed E-state index contributed by atoms with van der Waals surface area (Å²) in [6.45, 7) is 23.5.